The first-order valence-corrected chi connectivity index (χ1v) is 13.4. The number of para-hydroxylation sites is 1. The predicted molar refractivity (Wildman–Crippen MR) is 149 cm³/mol. The number of ether oxygens (including phenoxy) is 1. The number of hydrogen-bond acceptors (Lipinski definition) is 5. The summed E-state index contributed by atoms with van der Waals surface area (Å²) in [7, 11) is 0. The second-order valence-electron chi connectivity index (χ2n) is 10.2. The molecule has 2 saturated heterocycles. The lowest BCUT2D eigenvalue weighted by Crippen LogP contribution is -2.47. The van der Waals surface area contributed by atoms with E-state index in [1.807, 2.05) is 61.5 Å². The Kier molecular flexibility index (Phi) is 6.77. The molecule has 3 aromatic carbocycles. The molecule has 202 valence electrons. The summed E-state index contributed by atoms with van der Waals surface area (Å²) >= 11 is 6.03. The van der Waals surface area contributed by atoms with Gasteiger partial charge in [-0.1, -0.05) is 29.8 Å². The first-order valence-electron chi connectivity index (χ1n) is 13.0. The number of nitrogens with one attached hydrogen (secondary N) is 1. The maximum absolute atomic E-state index is 13.8. The fourth-order valence-electron chi connectivity index (χ4n) is 5.74. The molecule has 2 fully saturated rings. The number of fused-ring (bicyclic) bond motifs is 3. The van der Waals surface area contributed by atoms with E-state index >= 15 is 0 Å². The predicted octanol–water partition coefficient (Wildman–Crippen LogP) is 7.30. The van der Waals surface area contributed by atoms with Gasteiger partial charge in [-0.15, -0.1) is 0 Å². The molecule has 2 aliphatic rings. The number of likely N-dealkylation sites (tertiary alicyclic amines) is 1. The van der Waals surface area contributed by atoms with Crippen molar-refractivity contribution in [2.75, 3.05) is 36.5 Å². The minimum atomic E-state index is -4.49. The Morgan fingerprint density at radius 3 is 2.54 bits per heavy atom. The van der Waals surface area contributed by atoms with Crippen LogP contribution in [0.4, 0.5) is 30.2 Å². The summed E-state index contributed by atoms with van der Waals surface area (Å²) in [5.41, 5.74) is 2.98. The molecule has 2 bridgehead atoms. The van der Waals surface area contributed by atoms with Crippen LogP contribution in [0.1, 0.15) is 17.7 Å². The number of hydrogen-bond donors (Lipinski definition) is 1. The number of piperazine rings is 1. The number of alkyl halides is 3. The van der Waals surface area contributed by atoms with Gasteiger partial charge in [-0.3, -0.25) is 9.88 Å². The van der Waals surface area contributed by atoms with Gasteiger partial charge in [0, 0.05) is 70.9 Å². The monoisotopic (exact) mass is 552 g/mol. The first kappa shape index (κ1) is 25.8. The van der Waals surface area contributed by atoms with Crippen molar-refractivity contribution in [2.24, 2.45) is 0 Å². The van der Waals surface area contributed by atoms with E-state index in [0.717, 1.165) is 53.3 Å². The Morgan fingerprint density at radius 2 is 1.79 bits per heavy atom. The zero-order chi connectivity index (χ0) is 27.1. The zero-order valence-corrected chi connectivity index (χ0v) is 22.1. The molecule has 0 aliphatic carbocycles. The van der Waals surface area contributed by atoms with Crippen molar-refractivity contribution in [2.45, 2.75) is 31.6 Å². The van der Waals surface area contributed by atoms with Gasteiger partial charge in [0.2, 0.25) is 0 Å². The van der Waals surface area contributed by atoms with Gasteiger partial charge in [0.15, 0.2) is 0 Å². The largest absolute Gasteiger partial charge is 0.492 e. The first-order chi connectivity index (χ1) is 18.7. The number of halogens is 4. The van der Waals surface area contributed by atoms with Crippen molar-refractivity contribution in [3.63, 3.8) is 0 Å². The Labute approximate surface area is 230 Å². The molecule has 1 unspecified atom stereocenters. The molecule has 1 aromatic heterocycles. The molecule has 2 aliphatic heterocycles. The molecule has 5 nitrogen and oxygen atoms in total. The van der Waals surface area contributed by atoms with E-state index < -0.39 is 11.7 Å². The highest BCUT2D eigenvalue weighted by molar-refractivity contribution is 6.30. The topological polar surface area (TPSA) is 40.6 Å². The molecular formula is C30H28ClF3N4O. The van der Waals surface area contributed by atoms with Crippen molar-refractivity contribution >= 4 is 39.6 Å². The van der Waals surface area contributed by atoms with E-state index in [-0.39, 0.29) is 5.75 Å². The summed E-state index contributed by atoms with van der Waals surface area (Å²) in [5, 5.41) is 4.73. The molecule has 0 saturated carbocycles. The third-order valence-corrected chi connectivity index (χ3v) is 7.77. The summed E-state index contributed by atoms with van der Waals surface area (Å²) in [4.78, 5) is 9.30. The highest BCUT2D eigenvalue weighted by Gasteiger charge is 2.43. The molecule has 0 spiro atoms. The average molecular weight is 553 g/mol. The van der Waals surface area contributed by atoms with Crippen LogP contribution in [0.5, 0.6) is 5.75 Å². The van der Waals surface area contributed by atoms with Crippen LogP contribution < -0.4 is 15.0 Å². The van der Waals surface area contributed by atoms with E-state index in [9.17, 15) is 13.2 Å². The van der Waals surface area contributed by atoms with Crippen LogP contribution in [0, 0.1) is 6.92 Å². The van der Waals surface area contributed by atoms with E-state index in [1.54, 1.807) is 6.07 Å². The lowest BCUT2D eigenvalue weighted by molar-refractivity contribution is -0.137. The molecule has 39 heavy (non-hydrogen) atoms. The quantitative estimate of drug-likeness (QED) is 0.260. The van der Waals surface area contributed by atoms with Gasteiger partial charge in [0.25, 0.3) is 0 Å². The second kappa shape index (κ2) is 10.2. The third-order valence-electron chi connectivity index (χ3n) is 7.52. The van der Waals surface area contributed by atoms with E-state index in [2.05, 4.69) is 20.1 Å². The average Bonchev–Trinajstić information content (AvgIpc) is 3.49. The van der Waals surface area contributed by atoms with Gasteiger partial charge in [0.1, 0.15) is 12.4 Å². The lowest BCUT2D eigenvalue weighted by atomic mass is 10.1. The van der Waals surface area contributed by atoms with Gasteiger partial charge in [-0.2, -0.15) is 13.2 Å². The van der Waals surface area contributed by atoms with Crippen LogP contribution in [-0.4, -0.2) is 48.2 Å². The number of benzene rings is 3. The van der Waals surface area contributed by atoms with Crippen molar-refractivity contribution in [1.29, 1.82) is 0 Å². The fourth-order valence-corrected chi connectivity index (χ4v) is 5.86. The molecule has 0 radical (unpaired) electrons. The SMILES string of the molecule is Cc1cc(Nc2cc(OCCN3C[C@@H]4CC3CN4c3ccc(Cl)cc3)cc(C(F)(F)F)c2)c2ccccc2n1. The molecule has 9 heteroatoms. The highest BCUT2D eigenvalue weighted by atomic mass is 35.5. The Balaban J connectivity index is 1.14. The van der Waals surface area contributed by atoms with E-state index in [4.69, 9.17) is 16.3 Å². The van der Waals surface area contributed by atoms with E-state index in [0.29, 0.717) is 36.6 Å². The van der Waals surface area contributed by atoms with Crippen molar-refractivity contribution in [3.8, 4) is 5.75 Å². The van der Waals surface area contributed by atoms with Crippen molar-refractivity contribution in [3.05, 3.63) is 89.1 Å². The molecule has 1 N–H and O–H groups in total. The van der Waals surface area contributed by atoms with Crippen molar-refractivity contribution in [1.82, 2.24) is 9.88 Å². The van der Waals surface area contributed by atoms with Gasteiger partial charge in [-0.05, 0) is 61.9 Å². The van der Waals surface area contributed by atoms with Gasteiger partial charge in [-0.25, -0.2) is 0 Å². The third kappa shape index (κ3) is 5.49. The Bertz CT molecular complexity index is 1490. The van der Waals surface area contributed by atoms with Crippen LogP contribution in [0.2, 0.25) is 5.02 Å². The molecule has 0 amide bonds. The van der Waals surface area contributed by atoms with Gasteiger partial charge in [0.05, 0.1) is 11.1 Å². The van der Waals surface area contributed by atoms with Crippen LogP contribution in [-0.2, 0) is 6.18 Å². The minimum absolute atomic E-state index is 0.189. The number of anilines is 3. The molecule has 2 atom stereocenters. The molecule has 6 rings (SSSR count). The normalized spacial score (nSPS) is 19.2. The molecule has 4 aromatic rings. The van der Waals surface area contributed by atoms with Gasteiger partial charge >= 0.3 is 6.18 Å². The van der Waals surface area contributed by atoms with Crippen molar-refractivity contribution < 1.29 is 17.9 Å². The maximum Gasteiger partial charge on any atom is 0.416 e. The molecule has 3 heterocycles. The number of aromatic nitrogens is 1. The second-order valence-corrected chi connectivity index (χ2v) is 10.6. The maximum atomic E-state index is 13.8. The lowest BCUT2D eigenvalue weighted by Gasteiger charge is -2.35. The van der Waals surface area contributed by atoms with Crippen LogP contribution in [0.25, 0.3) is 10.9 Å². The summed E-state index contributed by atoms with van der Waals surface area (Å²) in [6, 6.07) is 21.9. The smallest absolute Gasteiger partial charge is 0.416 e. The van der Waals surface area contributed by atoms with E-state index in [1.165, 1.54) is 5.69 Å². The summed E-state index contributed by atoms with van der Waals surface area (Å²) < 4.78 is 47.2. The minimum Gasteiger partial charge on any atom is -0.492 e. The number of nitrogens with zero attached hydrogens (tertiary/aromatic N) is 3. The number of pyridine rings is 1. The Hall–Kier alpha value is -3.49. The zero-order valence-electron chi connectivity index (χ0n) is 21.4. The van der Waals surface area contributed by atoms with Gasteiger partial charge < -0.3 is 15.0 Å². The summed E-state index contributed by atoms with van der Waals surface area (Å²) in [6.07, 6.45) is -3.43. The number of rotatable bonds is 7. The summed E-state index contributed by atoms with van der Waals surface area (Å²) in [5.74, 6) is 0.189. The van der Waals surface area contributed by atoms with Crippen LogP contribution >= 0.6 is 11.6 Å². The molecular weight excluding hydrogens is 525 g/mol. The standard InChI is InChI=1S/C30H28ClF3N4O/c1-19-12-29(27-4-2-3-5-28(27)35-19)36-22-13-20(30(32,33)34)14-26(15-22)39-11-10-37-17-25-16-24(37)18-38(25)23-8-6-21(31)7-9-23/h2-9,12-15,24-25H,10-11,16-18H2,1H3,(H,35,36)/t24?,25-/m0/s1. The van der Waals surface area contributed by atoms with Crippen LogP contribution in [0.15, 0.2) is 72.8 Å². The highest BCUT2D eigenvalue weighted by Crippen LogP contribution is 2.37. The number of aryl methyl sites for hydroxylation is 1. The van der Waals surface area contributed by atoms with Crippen LogP contribution in [0.3, 0.4) is 0 Å². The fraction of sp³-hybridized carbons (Fsp3) is 0.300. The Morgan fingerprint density at radius 1 is 1.00 bits per heavy atom. The summed E-state index contributed by atoms with van der Waals surface area (Å²) in [6.45, 7) is 4.65.